The summed E-state index contributed by atoms with van der Waals surface area (Å²) in [6, 6.07) is 10.4. The van der Waals surface area contributed by atoms with Crippen molar-refractivity contribution < 1.29 is 17.6 Å². The topological polar surface area (TPSA) is 78.2 Å². The molecule has 1 aromatic carbocycles. The van der Waals surface area contributed by atoms with Gasteiger partial charge in [0.2, 0.25) is 15.9 Å². The number of likely N-dealkylation sites (N-methyl/N-ethyl adjacent to an activating group) is 1. The van der Waals surface area contributed by atoms with Gasteiger partial charge in [-0.15, -0.1) is 0 Å². The number of hydrogen-bond acceptors (Lipinski definition) is 5. The fourth-order valence-corrected chi connectivity index (χ4v) is 4.73. The van der Waals surface area contributed by atoms with Crippen molar-refractivity contribution in [2.75, 3.05) is 39.8 Å². The average Bonchev–Trinajstić information content (AvgIpc) is 3.16. The Morgan fingerprint density at radius 2 is 1.81 bits per heavy atom. The van der Waals surface area contributed by atoms with E-state index in [0.717, 1.165) is 27.8 Å². The molecule has 3 heterocycles. The van der Waals surface area contributed by atoms with Crippen molar-refractivity contribution in [2.45, 2.75) is 11.4 Å². The number of aromatic nitrogens is 2. The maximum Gasteiger partial charge on any atom is 0.243 e. The van der Waals surface area contributed by atoms with Gasteiger partial charge in [0.15, 0.2) is 0 Å². The zero-order valence-electron chi connectivity index (χ0n) is 17.2. The normalized spacial score (nSPS) is 15.6. The van der Waals surface area contributed by atoms with Crippen LogP contribution in [0.3, 0.4) is 0 Å². The van der Waals surface area contributed by atoms with Gasteiger partial charge >= 0.3 is 0 Å². The first-order valence-corrected chi connectivity index (χ1v) is 11.4. The van der Waals surface area contributed by atoms with Gasteiger partial charge in [0, 0.05) is 52.2 Å². The fraction of sp³-hybridized carbons (Fsp3) is 0.333. The van der Waals surface area contributed by atoms with Crippen molar-refractivity contribution in [2.24, 2.45) is 0 Å². The van der Waals surface area contributed by atoms with Crippen LogP contribution in [0.15, 0.2) is 59.8 Å². The number of rotatable bonds is 6. The lowest BCUT2D eigenvalue weighted by Crippen LogP contribution is -2.51. The predicted octanol–water partition coefficient (Wildman–Crippen LogP) is 1.44. The number of carbonyl (C=O) groups is 1. The van der Waals surface area contributed by atoms with E-state index in [0.29, 0.717) is 32.7 Å². The number of hydrogen-bond donors (Lipinski definition) is 0. The lowest BCUT2D eigenvalue weighted by molar-refractivity contribution is -0.133. The zero-order valence-corrected chi connectivity index (χ0v) is 18.0. The van der Waals surface area contributed by atoms with E-state index in [4.69, 9.17) is 0 Å². The summed E-state index contributed by atoms with van der Waals surface area (Å²) >= 11 is 0. The minimum atomic E-state index is -3.86. The van der Waals surface area contributed by atoms with Crippen LogP contribution in [0.5, 0.6) is 0 Å². The van der Waals surface area contributed by atoms with Crippen LogP contribution in [0.25, 0.3) is 5.65 Å². The summed E-state index contributed by atoms with van der Waals surface area (Å²) < 4.78 is 41.3. The number of amides is 1. The minimum absolute atomic E-state index is 0.0403. The molecule has 0 saturated carbocycles. The summed E-state index contributed by atoms with van der Waals surface area (Å²) in [7, 11) is -2.50. The molecule has 8 nitrogen and oxygen atoms in total. The molecule has 164 valence electrons. The molecule has 0 aliphatic carbocycles. The third-order valence-electron chi connectivity index (χ3n) is 5.40. The molecular weight excluding hydrogens is 421 g/mol. The first-order valence-electron chi connectivity index (χ1n) is 9.97. The number of nitrogens with zero attached hydrogens (tertiary/aromatic N) is 5. The molecule has 1 aliphatic rings. The molecule has 0 spiro atoms. The summed E-state index contributed by atoms with van der Waals surface area (Å²) in [6.45, 7) is 2.87. The van der Waals surface area contributed by atoms with Crippen LogP contribution in [-0.4, -0.2) is 77.6 Å². The highest BCUT2D eigenvalue weighted by Crippen LogP contribution is 2.16. The summed E-state index contributed by atoms with van der Waals surface area (Å²) in [4.78, 5) is 21.1. The molecule has 0 atom stereocenters. The smallest absolute Gasteiger partial charge is 0.243 e. The van der Waals surface area contributed by atoms with E-state index < -0.39 is 15.8 Å². The predicted molar refractivity (Wildman–Crippen MR) is 113 cm³/mol. The summed E-state index contributed by atoms with van der Waals surface area (Å²) in [5.74, 6) is -0.764. The van der Waals surface area contributed by atoms with Crippen LogP contribution in [-0.2, 0) is 21.4 Å². The minimum Gasteiger partial charge on any atom is -0.339 e. The second kappa shape index (κ2) is 8.74. The van der Waals surface area contributed by atoms with Crippen LogP contribution in [0.1, 0.15) is 5.69 Å². The number of sulfonamides is 1. The molecule has 0 bridgehead atoms. The van der Waals surface area contributed by atoms with E-state index in [-0.39, 0.29) is 17.3 Å². The highest BCUT2D eigenvalue weighted by Gasteiger charge is 2.27. The molecule has 2 aromatic heterocycles. The summed E-state index contributed by atoms with van der Waals surface area (Å²) in [6.07, 6.45) is 3.96. The largest absolute Gasteiger partial charge is 0.339 e. The van der Waals surface area contributed by atoms with Gasteiger partial charge in [-0.1, -0.05) is 6.07 Å². The Balaban J connectivity index is 1.31. The van der Waals surface area contributed by atoms with Gasteiger partial charge in [0.1, 0.15) is 11.5 Å². The van der Waals surface area contributed by atoms with Gasteiger partial charge < -0.3 is 9.30 Å². The molecule has 1 aliphatic heterocycles. The van der Waals surface area contributed by atoms with Crippen molar-refractivity contribution in [3.63, 3.8) is 0 Å². The van der Waals surface area contributed by atoms with E-state index in [2.05, 4.69) is 9.88 Å². The molecule has 31 heavy (non-hydrogen) atoms. The molecule has 0 radical (unpaired) electrons. The van der Waals surface area contributed by atoms with Gasteiger partial charge in [-0.2, -0.15) is 4.31 Å². The van der Waals surface area contributed by atoms with Gasteiger partial charge in [-0.05, 0) is 36.4 Å². The summed E-state index contributed by atoms with van der Waals surface area (Å²) in [5, 5.41) is 0. The SMILES string of the molecule is CN(CC(=O)N1CCN(Cc2cn3ccccc3n2)CC1)S(=O)(=O)c1ccc(F)cc1. The first-order chi connectivity index (χ1) is 14.8. The van der Waals surface area contributed by atoms with Crippen LogP contribution in [0.2, 0.25) is 0 Å². The van der Waals surface area contributed by atoms with Crippen molar-refractivity contribution in [3.05, 3.63) is 66.4 Å². The van der Waals surface area contributed by atoms with Crippen LogP contribution >= 0.6 is 0 Å². The molecule has 0 unspecified atom stereocenters. The van der Waals surface area contributed by atoms with Crippen LogP contribution in [0, 0.1) is 5.82 Å². The standard InChI is InChI=1S/C21H24FN5O3S/c1-24(31(29,30)19-7-5-17(22)6-8-19)16-21(28)26-12-10-25(11-13-26)14-18-15-27-9-3-2-4-20(27)23-18/h2-9,15H,10-14,16H2,1H3. The second-order valence-corrected chi connectivity index (χ2v) is 9.62. The third-order valence-corrected chi connectivity index (χ3v) is 7.22. The fourth-order valence-electron chi connectivity index (χ4n) is 3.61. The number of fused-ring (bicyclic) bond motifs is 1. The maximum absolute atomic E-state index is 13.1. The molecule has 4 rings (SSSR count). The Labute approximate surface area is 180 Å². The lowest BCUT2D eigenvalue weighted by atomic mass is 10.3. The van der Waals surface area contributed by atoms with E-state index in [1.54, 1.807) is 4.90 Å². The van der Waals surface area contributed by atoms with Crippen molar-refractivity contribution >= 4 is 21.6 Å². The molecule has 1 saturated heterocycles. The quantitative estimate of drug-likeness (QED) is 0.574. The Kier molecular flexibility index (Phi) is 6.03. The Hall–Kier alpha value is -2.82. The van der Waals surface area contributed by atoms with Crippen molar-refractivity contribution in [1.82, 2.24) is 23.5 Å². The molecule has 0 N–H and O–H groups in total. The number of imidazole rings is 1. The number of halogens is 1. The van der Waals surface area contributed by atoms with E-state index in [9.17, 15) is 17.6 Å². The van der Waals surface area contributed by atoms with E-state index >= 15 is 0 Å². The molecule has 10 heteroatoms. The second-order valence-electron chi connectivity index (χ2n) is 7.57. The molecule has 3 aromatic rings. The number of piperazine rings is 1. The number of carbonyl (C=O) groups excluding carboxylic acids is 1. The Bertz CT molecular complexity index is 1140. The van der Waals surface area contributed by atoms with Gasteiger partial charge in [-0.3, -0.25) is 9.69 Å². The monoisotopic (exact) mass is 445 g/mol. The summed E-state index contributed by atoms with van der Waals surface area (Å²) in [5.41, 5.74) is 1.87. The highest BCUT2D eigenvalue weighted by molar-refractivity contribution is 7.89. The number of pyridine rings is 1. The van der Waals surface area contributed by atoms with E-state index in [1.807, 2.05) is 35.0 Å². The third kappa shape index (κ3) is 4.76. The van der Waals surface area contributed by atoms with Gasteiger partial charge in [-0.25, -0.2) is 17.8 Å². The molecule has 1 fully saturated rings. The average molecular weight is 446 g/mol. The van der Waals surface area contributed by atoms with Crippen molar-refractivity contribution in [3.8, 4) is 0 Å². The lowest BCUT2D eigenvalue weighted by Gasteiger charge is -2.35. The van der Waals surface area contributed by atoms with Crippen LogP contribution in [0.4, 0.5) is 4.39 Å². The van der Waals surface area contributed by atoms with Crippen molar-refractivity contribution in [1.29, 1.82) is 0 Å². The van der Waals surface area contributed by atoms with Gasteiger partial charge in [0.25, 0.3) is 0 Å². The number of benzene rings is 1. The Morgan fingerprint density at radius 3 is 2.48 bits per heavy atom. The molecular formula is C21H24FN5O3S. The van der Waals surface area contributed by atoms with E-state index in [1.165, 1.54) is 19.2 Å². The first kappa shape index (κ1) is 21.4. The molecule has 1 amide bonds. The van der Waals surface area contributed by atoms with Gasteiger partial charge in [0.05, 0.1) is 17.1 Å². The Morgan fingerprint density at radius 1 is 1.10 bits per heavy atom. The maximum atomic E-state index is 13.1. The highest BCUT2D eigenvalue weighted by atomic mass is 32.2. The van der Waals surface area contributed by atoms with Crippen LogP contribution < -0.4 is 0 Å². The zero-order chi connectivity index (χ0) is 22.0.